The molecule has 0 aliphatic rings. The zero-order chi connectivity index (χ0) is 21.8. The van der Waals surface area contributed by atoms with Gasteiger partial charge in [0.2, 0.25) is 10.0 Å². The van der Waals surface area contributed by atoms with Gasteiger partial charge in [0.25, 0.3) is 0 Å². The van der Waals surface area contributed by atoms with Crippen LogP contribution in [0.5, 0.6) is 0 Å². The molecule has 0 aliphatic heterocycles. The van der Waals surface area contributed by atoms with Crippen molar-refractivity contribution in [3.8, 4) is 0 Å². The Kier molecular flexibility index (Phi) is 5.79. The molecule has 4 aromatic rings. The van der Waals surface area contributed by atoms with E-state index in [1.54, 1.807) is 36.4 Å². The molecule has 0 saturated heterocycles. The Morgan fingerprint density at radius 1 is 1.00 bits per heavy atom. The minimum Gasteiger partial charge on any atom is -0.315 e. The molecule has 0 bridgehead atoms. The lowest BCUT2D eigenvalue weighted by molar-refractivity contribution is -0.147. The van der Waals surface area contributed by atoms with Crippen LogP contribution < -0.4 is 9.56 Å². The number of benzene rings is 3. The van der Waals surface area contributed by atoms with Gasteiger partial charge in [-0.05, 0) is 48.4 Å². The number of nitrogens with zero attached hydrogens (tertiary/aromatic N) is 3. The summed E-state index contributed by atoms with van der Waals surface area (Å²) < 4.78 is 28.3. The molecule has 0 fully saturated rings. The predicted octanol–water partition coefficient (Wildman–Crippen LogP) is 2.28. The predicted molar refractivity (Wildman–Crippen MR) is 115 cm³/mol. The molecule has 0 amide bonds. The van der Waals surface area contributed by atoms with Crippen LogP contribution in [0.1, 0.15) is 11.1 Å². The highest BCUT2D eigenvalue weighted by Gasteiger charge is 2.28. The normalized spacial score (nSPS) is 12.5. The van der Waals surface area contributed by atoms with Crippen LogP contribution in [-0.2, 0) is 21.2 Å². The van der Waals surface area contributed by atoms with Crippen molar-refractivity contribution in [2.24, 2.45) is 0 Å². The van der Waals surface area contributed by atoms with E-state index < -0.39 is 22.0 Å². The van der Waals surface area contributed by atoms with E-state index in [-0.39, 0.29) is 11.3 Å². The first-order chi connectivity index (χ1) is 14.9. The number of aryl methyl sites for hydroxylation is 1. The van der Waals surface area contributed by atoms with E-state index in [2.05, 4.69) is 15.0 Å². The Balaban J connectivity index is 1.62. The van der Waals surface area contributed by atoms with E-state index in [0.29, 0.717) is 11.0 Å². The monoisotopic (exact) mass is 436 g/mol. The first kappa shape index (κ1) is 20.7. The van der Waals surface area contributed by atoms with Crippen LogP contribution in [0.25, 0.3) is 11.0 Å². The molecular weight excluding hydrogens is 416 g/mol. The van der Waals surface area contributed by atoms with Crippen LogP contribution in [0, 0.1) is 6.92 Å². The summed E-state index contributed by atoms with van der Waals surface area (Å²) in [5, 5.41) is 7.78. The minimum absolute atomic E-state index is 0.0650. The zero-order valence-corrected chi connectivity index (χ0v) is 17.5. The standard InChI is InChI=1S/C22H20N4O4S/c1-16-11-13-18(14-12-16)31(28,29)24-20(15-17-7-3-2-4-8-17)22(27)30-26-21-10-6-5-9-19(21)23-25-26/h2-14,20,24H,15H2,1H3. The number of hydrogen-bond donors (Lipinski definition) is 1. The molecule has 0 radical (unpaired) electrons. The fourth-order valence-electron chi connectivity index (χ4n) is 3.06. The van der Waals surface area contributed by atoms with E-state index in [9.17, 15) is 13.2 Å². The van der Waals surface area contributed by atoms with Crippen molar-refractivity contribution in [1.29, 1.82) is 0 Å². The molecule has 0 aliphatic carbocycles. The van der Waals surface area contributed by atoms with Crippen molar-refractivity contribution in [3.05, 3.63) is 90.0 Å². The number of fused-ring (bicyclic) bond motifs is 1. The maximum absolute atomic E-state index is 13.0. The zero-order valence-electron chi connectivity index (χ0n) is 16.7. The maximum Gasteiger partial charge on any atom is 0.353 e. The van der Waals surface area contributed by atoms with Gasteiger partial charge < -0.3 is 4.84 Å². The summed E-state index contributed by atoms with van der Waals surface area (Å²) in [7, 11) is -3.96. The van der Waals surface area contributed by atoms with Crippen molar-refractivity contribution < 1.29 is 18.0 Å². The molecule has 158 valence electrons. The second kappa shape index (κ2) is 8.66. The smallest absolute Gasteiger partial charge is 0.315 e. The van der Waals surface area contributed by atoms with Gasteiger partial charge in [-0.25, -0.2) is 13.2 Å². The van der Waals surface area contributed by atoms with Gasteiger partial charge in [-0.3, -0.25) is 0 Å². The summed E-state index contributed by atoms with van der Waals surface area (Å²) in [6.07, 6.45) is 0.109. The van der Waals surface area contributed by atoms with Crippen LogP contribution in [0.2, 0.25) is 0 Å². The summed E-state index contributed by atoms with van der Waals surface area (Å²) in [6.45, 7) is 1.86. The summed E-state index contributed by atoms with van der Waals surface area (Å²) in [6, 6.07) is 21.3. The largest absolute Gasteiger partial charge is 0.353 e. The van der Waals surface area contributed by atoms with E-state index in [1.165, 1.54) is 12.1 Å². The SMILES string of the molecule is Cc1ccc(S(=O)(=O)NC(Cc2ccccc2)C(=O)On2nnc3ccccc32)cc1. The van der Waals surface area contributed by atoms with Gasteiger partial charge in [0.15, 0.2) is 0 Å². The average Bonchev–Trinajstić information content (AvgIpc) is 3.17. The van der Waals surface area contributed by atoms with Crippen molar-refractivity contribution in [3.63, 3.8) is 0 Å². The summed E-state index contributed by atoms with van der Waals surface area (Å²) in [4.78, 5) is 19.4. The lowest BCUT2D eigenvalue weighted by atomic mass is 10.1. The second-order valence-electron chi connectivity index (χ2n) is 7.04. The number of nitrogens with one attached hydrogen (secondary N) is 1. The van der Waals surface area contributed by atoms with Crippen LogP contribution in [-0.4, -0.2) is 35.6 Å². The van der Waals surface area contributed by atoms with Crippen LogP contribution in [0.4, 0.5) is 0 Å². The fraction of sp³-hybridized carbons (Fsp3) is 0.136. The first-order valence-corrected chi connectivity index (χ1v) is 11.1. The molecule has 8 nitrogen and oxygen atoms in total. The Labute approximate surface area is 179 Å². The Morgan fingerprint density at radius 3 is 2.42 bits per heavy atom. The third-order valence-corrected chi connectivity index (χ3v) is 6.18. The van der Waals surface area contributed by atoms with E-state index >= 15 is 0 Å². The number of para-hydroxylation sites is 1. The summed E-state index contributed by atoms with van der Waals surface area (Å²) >= 11 is 0. The molecule has 9 heteroatoms. The van der Waals surface area contributed by atoms with Gasteiger partial charge in [-0.2, -0.15) is 4.72 Å². The third kappa shape index (κ3) is 4.79. The highest BCUT2D eigenvalue weighted by Crippen LogP contribution is 2.14. The van der Waals surface area contributed by atoms with Crippen LogP contribution in [0.15, 0.2) is 83.8 Å². The molecule has 1 aromatic heterocycles. The van der Waals surface area contributed by atoms with Crippen molar-refractivity contribution >= 4 is 27.0 Å². The van der Waals surface area contributed by atoms with Crippen LogP contribution >= 0.6 is 0 Å². The minimum atomic E-state index is -3.96. The number of carbonyl (C=O) groups is 1. The molecule has 1 heterocycles. The Morgan fingerprint density at radius 2 is 1.68 bits per heavy atom. The second-order valence-corrected chi connectivity index (χ2v) is 8.75. The molecule has 0 spiro atoms. The Bertz CT molecular complexity index is 1300. The molecule has 1 N–H and O–H groups in total. The van der Waals surface area contributed by atoms with Crippen molar-refractivity contribution in [2.45, 2.75) is 24.3 Å². The lowest BCUT2D eigenvalue weighted by Gasteiger charge is -2.17. The van der Waals surface area contributed by atoms with Crippen LogP contribution in [0.3, 0.4) is 0 Å². The summed E-state index contributed by atoms with van der Waals surface area (Å²) in [5.41, 5.74) is 2.75. The number of carbonyl (C=O) groups excluding carboxylic acids is 1. The molecular formula is C22H20N4O4S. The topological polar surface area (TPSA) is 103 Å². The van der Waals surface area contributed by atoms with Gasteiger partial charge in [0.1, 0.15) is 17.1 Å². The Hall–Kier alpha value is -3.56. The molecule has 1 atom stereocenters. The first-order valence-electron chi connectivity index (χ1n) is 9.58. The maximum atomic E-state index is 13.0. The lowest BCUT2D eigenvalue weighted by Crippen LogP contribution is -2.46. The van der Waals surface area contributed by atoms with Gasteiger partial charge in [0.05, 0.1) is 4.90 Å². The van der Waals surface area contributed by atoms with E-state index in [0.717, 1.165) is 16.0 Å². The molecule has 0 saturated carbocycles. The van der Waals surface area contributed by atoms with Gasteiger partial charge in [-0.1, -0.05) is 65.0 Å². The van der Waals surface area contributed by atoms with Crippen molar-refractivity contribution in [1.82, 2.24) is 19.9 Å². The van der Waals surface area contributed by atoms with Gasteiger partial charge in [0, 0.05) is 0 Å². The van der Waals surface area contributed by atoms with E-state index in [1.807, 2.05) is 37.3 Å². The van der Waals surface area contributed by atoms with E-state index in [4.69, 9.17) is 4.84 Å². The van der Waals surface area contributed by atoms with Gasteiger partial charge >= 0.3 is 5.97 Å². The summed E-state index contributed by atoms with van der Waals surface area (Å²) in [5.74, 6) is -0.796. The third-order valence-electron chi connectivity index (χ3n) is 4.69. The van der Waals surface area contributed by atoms with Crippen molar-refractivity contribution in [2.75, 3.05) is 0 Å². The molecule has 1 unspecified atom stereocenters. The average molecular weight is 436 g/mol. The number of sulfonamides is 1. The highest BCUT2D eigenvalue weighted by molar-refractivity contribution is 7.89. The fourth-order valence-corrected chi connectivity index (χ4v) is 4.24. The molecule has 31 heavy (non-hydrogen) atoms. The number of rotatable bonds is 7. The molecule has 4 rings (SSSR count). The number of hydrogen-bond acceptors (Lipinski definition) is 6. The highest BCUT2D eigenvalue weighted by atomic mass is 32.2. The quantitative estimate of drug-likeness (QED) is 0.446. The molecule has 3 aromatic carbocycles. The van der Waals surface area contributed by atoms with Gasteiger partial charge in [-0.15, -0.1) is 5.10 Å². The number of aromatic nitrogens is 3.